The van der Waals surface area contributed by atoms with Crippen molar-refractivity contribution in [2.75, 3.05) is 0 Å². The second-order valence-electron chi connectivity index (χ2n) is 5.78. The Morgan fingerprint density at radius 1 is 0.680 bits per heavy atom. The molecule has 0 bridgehead atoms. The zero-order chi connectivity index (χ0) is 17.7. The van der Waals surface area contributed by atoms with Crippen LogP contribution in [0, 0.1) is 0 Å². The molecule has 0 N–H and O–H groups in total. The summed E-state index contributed by atoms with van der Waals surface area (Å²) in [6.07, 6.45) is 13.7. The zero-order valence-corrected chi connectivity index (χ0v) is 14.6. The molecule has 0 saturated heterocycles. The highest BCUT2D eigenvalue weighted by molar-refractivity contribution is 5.49. The molecule has 128 valence electrons. The van der Waals surface area contributed by atoms with E-state index in [4.69, 9.17) is 4.74 Å². The van der Waals surface area contributed by atoms with Crippen LogP contribution in [0.5, 0.6) is 0 Å². The van der Waals surface area contributed by atoms with Crippen LogP contribution in [0.3, 0.4) is 0 Å². The van der Waals surface area contributed by atoms with E-state index in [2.05, 4.69) is 61.7 Å². The second-order valence-corrected chi connectivity index (χ2v) is 5.78. The Labute approximate surface area is 151 Å². The first kappa shape index (κ1) is 18.7. The topological polar surface area (TPSA) is 9.23 Å². The Balaban J connectivity index is 1.83. The second kappa shape index (κ2) is 11.0. The minimum atomic E-state index is -0.0203. The lowest BCUT2D eigenvalue weighted by Gasteiger charge is -2.18. The van der Waals surface area contributed by atoms with Gasteiger partial charge >= 0.3 is 0 Å². The Kier molecular flexibility index (Phi) is 8.23. The van der Waals surface area contributed by atoms with Crippen molar-refractivity contribution in [1.29, 1.82) is 0 Å². The van der Waals surface area contributed by atoms with E-state index in [0.717, 1.165) is 12.8 Å². The smallest absolute Gasteiger partial charge is 0.0795 e. The molecule has 2 unspecified atom stereocenters. The van der Waals surface area contributed by atoms with Gasteiger partial charge in [0.25, 0.3) is 0 Å². The molecule has 1 nitrogen and oxygen atoms in total. The molecule has 2 aromatic rings. The molecule has 2 aromatic carbocycles. The molecule has 0 radical (unpaired) electrons. The molecule has 0 aliphatic rings. The quantitative estimate of drug-likeness (QED) is 0.463. The van der Waals surface area contributed by atoms with Crippen LogP contribution in [0.2, 0.25) is 0 Å². The van der Waals surface area contributed by atoms with Crippen LogP contribution in [0.25, 0.3) is 12.2 Å². The first-order valence-electron chi connectivity index (χ1n) is 8.65. The van der Waals surface area contributed by atoms with Crippen molar-refractivity contribution in [1.82, 2.24) is 0 Å². The standard InChI is InChI=1S/C24H26O/c1-3-23(19-11-17-21-13-7-5-8-14-21)25-24(4-2)20-12-18-22-15-9-6-10-16-22/h3-18,23-24H,1-2,19-20H2. The molecule has 0 amide bonds. The van der Waals surface area contributed by atoms with Gasteiger partial charge in [-0.1, -0.05) is 97.1 Å². The van der Waals surface area contributed by atoms with E-state index in [-0.39, 0.29) is 12.2 Å². The lowest BCUT2D eigenvalue weighted by atomic mass is 10.1. The highest BCUT2D eigenvalue weighted by Crippen LogP contribution is 2.12. The van der Waals surface area contributed by atoms with Crippen LogP contribution < -0.4 is 0 Å². The van der Waals surface area contributed by atoms with Gasteiger partial charge in [-0.25, -0.2) is 0 Å². The van der Waals surface area contributed by atoms with Crippen LogP contribution in [0.15, 0.2) is 98.1 Å². The summed E-state index contributed by atoms with van der Waals surface area (Å²) >= 11 is 0. The largest absolute Gasteiger partial charge is 0.366 e. The van der Waals surface area contributed by atoms with Gasteiger partial charge in [-0.15, -0.1) is 13.2 Å². The third kappa shape index (κ3) is 7.19. The van der Waals surface area contributed by atoms with E-state index in [1.165, 1.54) is 11.1 Å². The number of ether oxygens (including phenoxy) is 1. The van der Waals surface area contributed by atoms with Gasteiger partial charge in [-0.3, -0.25) is 0 Å². The summed E-state index contributed by atoms with van der Waals surface area (Å²) in [5.41, 5.74) is 2.38. The van der Waals surface area contributed by atoms with Crippen molar-refractivity contribution in [3.8, 4) is 0 Å². The fourth-order valence-electron chi connectivity index (χ4n) is 2.44. The normalized spacial score (nSPS) is 13.8. The van der Waals surface area contributed by atoms with Crippen molar-refractivity contribution in [3.05, 3.63) is 109 Å². The summed E-state index contributed by atoms with van der Waals surface area (Å²) in [7, 11) is 0. The van der Waals surface area contributed by atoms with Crippen LogP contribution in [-0.2, 0) is 4.74 Å². The lowest BCUT2D eigenvalue weighted by Crippen LogP contribution is -2.17. The van der Waals surface area contributed by atoms with E-state index >= 15 is 0 Å². The van der Waals surface area contributed by atoms with Crippen molar-refractivity contribution >= 4 is 12.2 Å². The number of hydrogen-bond acceptors (Lipinski definition) is 1. The molecular formula is C24H26O. The van der Waals surface area contributed by atoms with Gasteiger partial charge in [0.05, 0.1) is 12.2 Å². The predicted molar refractivity (Wildman–Crippen MR) is 109 cm³/mol. The molecule has 0 spiro atoms. The summed E-state index contributed by atoms with van der Waals surface area (Å²) in [5, 5.41) is 0. The van der Waals surface area contributed by atoms with E-state index in [9.17, 15) is 0 Å². The lowest BCUT2D eigenvalue weighted by molar-refractivity contribution is 0.0456. The highest BCUT2D eigenvalue weighted by Gasteiger charge is 2.09. The summed E-state index contributed by atoms with van der Waals surface area (Å²) in [6.45, 7) is 7.78. The van der Waals surface area contributed by atoms with Gasteiger partial charge in [0, 0.05) is 0 Å². The van der Waals surface area contributed by atoms with Gasteiger partial charge in [-0.05, 0) is 24.0 Å². The molecular weight excluding hydrogens is 304 g/mol. The number of hydrogen-bond donors (Lipinski definition) is 0. The molecule has 0 saturated carbocycles. The molecule has 0 fully saturated rings. The van der Waals surface area contributed by atoms with E-state index in [0.29, 0.717) is 0 Å². The number of rotatable bonds is 10. The van der Waals surface area contributed by atoms with Crippen LogP contribution in [-0.4, -0.2) is 12.2 Å². The van der Waals surface area contributed by atoms with Crippen LogP contribution in [0.4, 0.5) is 0 Å². The Morgan fingerprint density at radius 2 is 1.08 bits per heavy atom. The summed E-state index contributed by atoms with van der Waals surface area (Å²) in [5.74, 6) is 0. The zero-order valence-electron chi connectivity index (χ0n) is 14.6. The van der Waals surface area contributed by atoms with Gasteiger partial charge in [-0.2, -0.15) is 0 Å². The molecule has 2 atom stereocenters. The molecule has 0 aliphatic heterocycles. The SMILES string of the molecule is C=CC(CC=Cc1ccccc1)OC(C=C)CC=Cc1ccccc1. The fraction of sp³-hybridized carbons (Fsp3) is 0.167. The maximum absolute atomic E-state index is 6.09. The maximum atomic E-state index is 6.09. The summed E-state index contributed by atoms with van der Waals surface area (Å²) in [4.78, 5) is 0. The Bertz CT molecular complexity index is 621. The maximum Gasteiger partial charge on any atom is 0.0795 e. The first-order chi connectivity index (χ1) is 12.3. The molecule has 0 aromatic heterocycles. The minimum Gasteiger partial charge on any atom is -0.366 e. The summed E-state index contributed by atoms with van der Waals surface area (Å²) < 4.78 is 6.09. The molecule has 0 heterocycles. The van der Waals surface area contributed by atoms with Crippen LogP contribution >= 0.6 is 0 Å². The van der Waals surface area contributed by atoms with E-state index in [1.54, 1.807) is 0 Å². The van der Waals surface area contributed by atoms with E-state index < -0.39 is 0 Å². The highest BCUT2D eigenvalue weighted by atomic mass is 16.5. The van der Waals surface area contributed by atoms with Crippen molar-refractivity contribution in [2.45, 2.75) is 25.0 Å². The summed E-state index contributed by atoms with van der Waals surface area (Å²) in [6, 6.07) is 20.5. The van der Waals surface area contributed by atoms with Gasteiger partial charge in [0.1, 0.15) is 0 Å². The average molecular weight is 330 g/mol. The molecule has 0 aliphatic carbocycles. The van der Waals surface area contributed by atoms with E-state index in [1.807, 2.05) is 48.6 Å². The Morgan fingerprint density at radius 3 is 1.44 bits per heavy atom. The predicted octanol–water partition coefficient (Wildman–Crippen LogP) is 6.32. The molecule has 25 heavy (non-hydrogen) atoms. The fourth-order valence-corrected chi connectivity index (χ4v) is 2.44. The molecule has 1 heteroatoms. The third-order valence-corrected chi connectivity index (χ3v) is 3.83. The van der Waals surface area contributed by atoms with Gasteiger partial charge in [0.15, 0.2) is 0 Å². The first-order valence-corrected chi connectivity index (χ1v) is 8.65. The van der Waals surface area contributed by atoms with Gasteiger partial charge < -0.3 is 4.74 Å². The minimum absolute atomic E-state index is 0.0203. The van der Waals surface area contributed by atoms with Crippen molar-refractivity contribution in [2.24, 2.45) is 0 Å². The molecule has 2 rings (SSSR count). The monoisotopic (exact) mass is 330 g/mol. The average Bonchev–Trinajstić information content (AvgIpc) is 2.67. The Hall–Kier alpha value is -2.64. The van der Waals surface area contributed by atoms with Crippen molar-refractivity contribution < 1.29 is 4.74 Å². The van der Waals surface area contributed by atoms with Gasteiger partial charge in [0.2, 0.25) is 0 Å². The van der Waals surface area contributed by atoms with Crippen molar-refractivity contribution in [3.63, 3.8) is 0 Å². The van der Waals surface area contributed by atoms with Crippen LogP contribution in [0.1, 0.15) is 24.0 Å². The number of benzene rings is 2. The third-order valence-electron chi connectivity index (χ3n) is 3.83.